The molecular formula is C23H15Cl3O5. The van der Waals surface area contributed by atoms with E-state index in [4.69, 9.17) is 49.0 Å². The first-order valence-corrected chi connectivity index (χ1v) is 10.3. The molecule has 4 rings (SSSR count). The maximum atomic E-state index is 11.8. The molecule has 1 aliphatic rings. The molecule has 3 aromatic rings. The smallest absolute Gasteiger partial charge is 0.331 e. The Kier molecular flexibility index (Phi) is 6.28. The first-order chi connectivity index (χ1) is 14.9. The minimum Gasteiger partial charge on any atom is -0.478 e. The normalized spacial score (nSPS) is 12.7. The third-order valence-electron chi connectivity index (χ3n) is 4.49. The molecule has 0 amide bonds. The summed E-state index contributed by atoms with van der Waals surface area (Å²) in [5.41, 5.74) is 1.51. The first kappa shape index (κ1) is 21.4. The zero-order valence-corrected chi connectivity index (χ0v) is 18.2. The first-order valence-electron chi connectivity index (χ1n) is 9.13. The number of hydrogen-bond acceptors (Lipinski definition) is 4. The van der Waals surface area contributed by atoms with E-state index < -0.39 is 5.97 Å². The molecule has 158 valence electrons. The lowest BCUT2D eigenvalue weighted by atomic mass is 10.0. The second-order valence-corrected chi connectivity index (χ2v) is 8.00. The zero-order valence-electron chi connectivity index (χ0n) is 15.9. The number of carboxylic acid groups (broad SMARTS) is 1. The Labute approximate surface area is 193 Å². The monoisotopic (exact) mass is 476 g/mol. The quantitative estimate of drug-likeness (QED) is 0.392. The van der Waals surface area contributed by atoms with Gasteiger partial charge in [-0.05, 0) is 53.6 Å². The number of rotatable bonds is 6. The minimum atomic E-state index is -1.04. The van der Waals surface area contributed by atoms with Crippen molar-refractivity contribution in [1.82, 2.24) is 0 Å². The average Bonchev–Trinajstić information content (AvgIpc) is 3.15. The molecule has 1 aliphatic heterocycles. The maximum absolute atomic E-state index is 11.8. The van der Waals surface area contributed by atoms with Crippen molar-refractivity contribution >= 4 is 46.8 Å². The van der Waals surface area contributed by atoms with E-state index >= 15 is 0 Å². The van der Waals surface area contributed by atoms with E-state index in [1.165, 1.54) is 0 Å². The number of carboxylic acids is 1. The molecule has 5 nitrogen and oxygen atoms in total. The van der Waals surface area contributed by atoms with Crippen molar-refractivity contribution in [3.63, 3.8) is 0 Å². The van der Waals surface area contributed by atoms with Crippen LogP contribution in [0.5, 0.6) is 23.0 Å². The van der Waals surface area contributed by atoms with Crippen LogP contribution in [0, 0.1) is 0 Å². The topological polar surface area (TPSA) is 65.0 Å². The van der Waals surface area contributed by atoms with Gasteiger partial charge in [0.05, 0.1) is 0 Å². The number of aliphatic carboxylic acids is 1. The Bertz CT molecular complexity index is 1150. The van der Waals surface area contributed by atoms with Gasteiger partial charge in [0, 0.05) is 33.1 Å². The van der Waals surface area contributed by atoms with Crippen LogP contribution in [0.15, 0.2) is 60.2 Å². The summed E-state index contributed by atoms with van der Waals surface area (Å²) in [5, 5.41) is 11.0. The second kappa shape index (κ2) is 9.10. The third-order valence-corrected chi connectivity index (χ3v) is 5.28. The predicted octanol–water partition coefficient (Wildman–Crippen LogP) is 6.88. The molecule has 0 bridgehead atoms. The van der Waals surface area contributed by atoms with Crippen molar-refractivity contribution in [2.24, 2.45) is 0 Å². The predicted molar refractivity (Wildman–Crippen MR) is 120 cm³/mol. The highest BCUT2D eigenvalue weighted by Gasteiger charge is 2.19. The van der Waals surface area contributed by atoms with E-state index in [0.29, 0.717) is 49.2 Å². The average molecular weight is 478 g/mol. The van der Waals surface area contributed by atoms with Crippen LogP contribution < -0.4 is 14.2 Å². The Morgan fingerprint density at radius 3 is 2.23 bits per heavy atom. The van der Waals surface area contributed by atoms with Gasteiger partial charge in [-0.15, -0.1) is 0 Å². The summed E-state index contributed by atoms with van der Waals surface area (Å²) >= 11 is 18.3. The minimum absolute atomic E-state index is 0.118. The van der Waals surface area contributed by atoms with Gasteiger partial charge in [0.15, 0.2) is 11.5 Å². The molecule has 1 heterocycles. The number of hydrogen-bond donors (Lipinski definition) is 1. The molecule has 0 radical (unpaired) electrons. The van der Waals surface area contributed by atoms with E-state index in [1.54, 1.807) is 60.7 Å². The van der Waals surface area contributed by atoms with Gasteiger partial charge in [-0.2, -0.15) is 0 Å². The summed E-state index contributed by atoms with van der Waals surface area (Å²) in [7, 11) is 0. The van der Waals surface area contributed by atoms with Gasteiger partial charge >= 0.3 is 5.97 Å². The van der Waals surface area contributed by atoms with Crippen LogP contribution in [0.1, 0.15) is 11.1 Å². The highest BCUT2D eigenvalue weighted by molar-refractivity contribution is 6.34. The molecule has 0 spiro atoms. The van der Waals surface area contributed by atoms with Crippen molar-refractivity contribution in [3.05, 3.63) is 86.4 Å². The summed E-state index contributed by atoms with van der Waals surface area (Å²) in [6.45, 7) is 0.118. The van der Waals surface area contributed by atoms with Gasteiger partial charge in [0.2, 0.25) is 6.79 Å². The molecule has 0 aromatic heterocycles. The molecule has 0 atom stereocenters. The molecule has 1 N–H and O–H groups in total. The fourth-order valence-electron chi connectivity index (χ4n) is 3.05. The van der Waals surface area contributed by atoms with Gasteiger partial charge in [0.1, 0.15) is 11.5 Å². The van der Waals surface area contributed by atoms with Gasteiger partial charge in [-0.25, -0.2) is 4.79 Å². The molecule has 0 aliphatic carbocycles. The van der Waals surface area contributed by atoms with Crippen LogP contribution in [0.2, 0.25) is 15.1 Å². The van der Waals surface area contributed by atoms with Gasteiger partial charge in [0.25, 0.3) is 0 Å². The van der Waals surface area contributed by atoms with Crippen molar-refractivity contribution in [1.29, 1.82) is 0 Å². The van der Waals surface area contributed by atoms with Crippen LogP contribution in [-0.2, 0) is 11.2 Å². The van der Waals surface area contributed by atoms with Gasteiger partial charge < -0.3 is 19.3 Å². The van der Waals surface area contributed by atoms with Gasteiger partial charge in [-0.3, -0.25) is 0 Å². The largest absolute Gasteiger partial charge is 0.478 e. The summed E-state index contributed by atoms with van der Waals surface area (Å²) in [6.07, 6.45) is 1.72. The lowest BCUT2D eigenvalue weighted by Gasteiger charge is -2.09. The molecule has 0 fully saturated rings. The lowest BCUT2D eigenvalue weighted by Crippen LogP contribution is -2.04. The van der Waals surface area contributed by atoms with E-state index in [2.05, 4.69) is 0 Å². The van der Waals surface area contributed by atoms with Crippen LogP contribution in [0.3, 0.4) is 0 Å². The van der Waals surface area contributed by atoms with E-state index in [9.17, 15) is 9.90 Å². The summed E-state index contributed by atoms with van der Waals surface area (Å²) in [5.74, 6) is 1.12. The number of halogens is 3. The maximum Gasteiger partial charge on any atom is 0.331 e. The van der Waals surface area contributed by atoms with Crippen LogP contribution in [-0.4, -0.2) is 17.9 Å². The van der Waals surface area contributed by atoms with Crippen LogP contribution >= 0.6 is 34.8 Å². The Hall–Kier alpha value is -2.86. The van der Waals surface area contributed by atoms with Crippen molar-refractivity contribution < 1.29 is 24.1 Å². The number of carbonyl (C=O) groups is 1. The van der Waals surface area contributed by atoms with Crippen LogP contribution in [0.25, 0.3) is 6.08 Å². The molecule has 0 saturated heterocycles. The molecule has 8 heteroatoms. The standard InChI is InChI=1S/C23H15Cl3O5/c24-16-8-17(25)10-19(9-16)31-18-3-1-13(2-4-18)5-15(23(27)28)6-14-7-21-22(11-20(14)26)30-12-29-21/h1-5,7-11H,6,12H2,(H,27,28)/b15-5+. The lowest BCUT2D eigenvalue weighted by molar-refractivity contribution is -0.132. The number of benzene rings is 3. The Morgan fingerprint density at radius 1 is 0.935 bits per heavy atom. The molecule has 3 aromatic carbocycles. The molecule has 31 heavy (non-hydrogen) atoms. The summed E-state index contributed by atoms with van der Waals surface area (Å²) in [6, 6.07) is 15.2. The number of fused-ring (bicyclic) bond motifs is 1. The summed E-state index contributed by atoms with van der Waals surface area (Å²) < 4.78 is 16.4. The van der Waals surface area contributed by atoms with Crippen molar-refractivity contribution in [2.45, 2.75) is 6.42 Å². The highest BCUT2D eigenvalue weighted by Crippen LogP contribution is 2.37. The second-order valence-electron chi connectivity index (χ2n) is 6.72. The van der Waals surface area contributed by atoms with E-state index in [1.807, 2.05) is 0 Å². The fraction of sp³-hybridized carbons (Fsp3) is 0.0870. The van der Waals surface area contributed by atoms with Crippen molar-refractivity contribution in [2.75, 3.05) is 6.79 Å². The highest BCUT2D eigenvalue weighted by atomic mass is 35.5. The zero-order chi connectivity index (χ0) is 22.0. The summed E-state index contributed by atoms with van der Waals surface area (Å²) in [4.78, 5) is 11.8. The third kappa shape index (κ3) is 5.25. The number of ether oxygens (including phenoxy) is 3. The van der Waals surface area contributed by atoms with Gasteiger partial charge in [-0.1, -0.05) is 46.9 Å². The fourth-order valence-corrected chi connectivity index (χ4v) is 3.77. The molecule has 0 saturated carbocycles. The van der Waals surface area contributed by atoms with E-state index in [-0.39, 0.29) is 18.8 Å². The van der Waals surface area contributed by atoms with E-state index in [0.717, 1.165) is 0 Å². The SMILES string of the molecule is O=C(O)/C(=C/c1ccc(Oc2cc(Cl)cc(Cl)c2)cc1)Cc1cc2c(cc1Cl)OCO2. The van der Waals surface area contributed by atoms with Crippen LogP contribution in [0.4, 0.5) is 0 Å². The van der Waals surface area contributed by atoms with Crippen molar-refractivity contribution in [3.8, 4) is 23.0 Å². The Morgan fingerprint density at radius 2 is 1.58 bits per heavy atom. The Balaban J connectivity index is 1.53. The molecule has 0 unspecified atom stereocenters. The molecular weight excluding hydrogens is 463 g/mol.